The van der Waals surface area contributed by atoms with Crippen molar-refractivity contribution in [3.63, 3.8) is 0 Å². The van der Waals surface area contributed by atoms with E-state index in [4.69, 9.17) is 16.2 Å². The number of aromatic nitrogens is 2. The van der Waals surface area contributed by atoms with Crippen molar-refractivity contribution in [1.29, 1.82) is 0 Å². The first-order chi connectivity index (χ1) is 17.6. The van der Waals surface area contributed by atoms with Gasteiger partial charge in [0.1, 0.15) is 17.3 Å². The van der Waals surface area contributed by atoms with Crippen molar-refractivity contribution in [2.75, 3.05) is 12.4 Å². The summed E-state index contributed by atoms with van der Waals surface area (Å²) in [5.41, 5.74) is 13.4. The molecule has 190 valence electrons. The molecule has 0 fully saturated rings. The number of anilines is 1. The molecular weight excluding hydrogens is 495 g/mol. The largest absolute Gasteiger partial charge is 0.497 e. The second kappa shape index (κ2) is 10.2. The molecule has 2 aromatic carbocycles. The number of fused-ring (bicyclic) bond motifs is 1. The van der Waals surface area contributed by atoms with E-state index in [2.05, 4.69) is 15.4 Å². The number of nitrogens with one attached hydrogen (secondary N) is 1. The molecule has 4 aromatic rings. The monoisotopic (exact) mass is 520 g/mol. The summed E-state index contributed by atoms with van der Waals surface area (Å²) in [4.78, 5) is 29.6. The maximum atomic E-state index is 14.8. The Labute approximate surface area is 216 Å². The number of hydrogen-bond acceptors (Lipinski definition) is 7. The van der Waals surface area contributed by atoms with Gasteiger partial charge >= 0.3 is 0 Å². The molecule has 9 nitrogen and oxygen atoms in total. The minimum atomic E-state index is -0.805. The summed E-state index contributed by atoms with van der Waals surface area (Å²) in [6, 6.07) is 11.6. The van der Waals surface area contributed by atoms with Gasteiger partial charge in [0.05, 0.1) is 17.7 Å². The Morgan fingerprint density at radius 1 is 1.16 bits per heavy atom. The SMILES string of the molecule is COc1ccc2sc(C(=O)Nc3c(F)ccc(C(N)=CC(=Nc4cc(C)n(C)n4)C(N)=O)c3C)cc2c1. The molecule has 0 radical (unpaired) electrons. The molecule has 0 bridgehead atoms. The Morgan fingerprint density at radius 2 is 1.92 bits per heavy atom. The molecule has 5 N–H and O–H groups in total. The van der Waals surface area contributed by atoms with Crippen molar-refractivity contribution in [2.45, 2.75) is 13.8 Å². The van der Waals surface area contributed by atoms with Crippen LogP contribution >= 0.6 is 11.3 Å². The number of halogens is 1. The van der Waals surface area contributed by atoms with Crippen LogP contribution in [0.15, 0.2) is 53.5 Å². The van der Waals surface area contributed by atoms with Crippen molar-refractivity contribution in [3.8, 4) is 5.75 Å². The molecule has 4 rings (SSSR count). The minimum absolute atomic E-state index is 0.0215. The molecular formula is C26H25FN6O3S. The van der Waals surface area contributed by atoms with E-state index >= 15 is 0 Å². The van der Waals surface area contributed by atoms with Crippen LogP contribution in [0.4, 0.5) is 15.9 Å². The maximum absolute atomic E-state index is 14.8. The number of carbonyl (C=O) groups is 2. The van der Waals surface area contributed by atoms with Gasteiger partial charge in [-0.15, -0.1) is 11.3 Å². The number of amides is 2. The Kier molecular flexibility index (Phi) is 7.07. The van der Waals surface area contributed by atoms with Gasteiger partial charge in [-0.2, -0.15) is 5.10 Å². The molecule has 0 saturated carbocycles. The van der Waals surface area contributed by atoms with Gasteiger partial charge in [0.25, 0.3) is 11.8 Å². The molecule has 0 unspecified atom stereocenters. The topological polar surface area (TPSA) is 138 Å². The van der Waals surface area contributed by atoms with Crippen LogP contribution in [0.5, 0.6) is 5.75 Å². The second-order valence-corrected chi connectivity index (χ2v) is 9.38. The highest BCUT2D eigenvalue weighted by molar-refractivity contribution is 7.20. The molecule has 11 heteroatoms. The number of rotatable bonds is 7. The third-order valence-electron chi connectivity index (χ3n) is 5.79. The van der Waals surface area contributed by atoms with Gasteiger partial charge in [-0.25, -0.2) is 9.38 Å². The summed E-state index contributed by atoms with van der Waals surface area (Å²) in [5, 5.41) is 7.68. The molecule has 0 spiro atoms. The van der Waals surface area contributed by atoms with Crippen LogP contribution in [0.3, 0.4) is 0 Å². The number of nitrogens with two attached hydrogens (primary N) is 2. The second-order valence-electron chi connectivity index (χ2n) is 8.29. The van der Waals surface area contributed by atoms with Gasteiger partial charge in [-0.05, 0) is 67.3 Å². The summed E-state index contributed by atoms with van der Waals surface area (Å²) >= 11 is 1.28. The number of hydrogen-bond donors (Lipinski definition) is 3. The fraction of sp³-hybridized carbons (Fsp3) is 0.154. The van der Waals surface area contributed by atoms with Crippen LogP contribution in [-0.4, -0.2) is 34.4 Å². The predicted octanol–water partition coefficient (Wildman–Crippen LogP) is 4.21. The molecule has 0 aliphatic rings. The number of carbonyl (C=O) groups excluding carboxylic acids is 2. The summed E-state index contributed by atoms with van der Waals surface area (Å²) in [6.45, 7) is 3.46. The first kappa shape index (κ1) is 25.6. The minimum Gasteiger partial charge on any atom is -0.497 e. The van der Waals surface area contributed by atoms with Crippen LogP contribution in [0.2, 0.25) is 0 Å². The lowest BCUT2D eigenvalue weighted by atomic mass is 10.0. The number of nitrogens with zero attached hydrogens (tertiary/aromatic N) is 3. The smallest absolute Gasteiger partial charge is 0.267 e. The van der Waals surface area contributed by atoms with Gasteiger partial charge < -0.3 is 21.5 Å². The number of thiophene rings is 1. The number of ether oxygens (including phenoxy) is 1. The van der Waals surface area contributed by atoms with Crippen LogP contribution < -0.4 is 21.5 Å². The van der Waals surface area contributed by atoms with Crippen LogP contribution in [0.25, 0.3) is 15.8 Å². The van der Waals surface area contributed by atoms with E-state index in [1.165, 1.54) is 29.5 Å². The first-order valence-corrected chi connectivity index (χ1v) is 11.9. The van der Waals surface area contributed by atoms with Crippen LogP contribution in [0, 0.1) is 19.7 Å². The van der Waals surface area contributed by atoms with E-state index in [1.807, 2.05) is 25.1 Å². The summed E-state index contributed by atoms with van der Waals surface area (Å²) in [6.07, 6.45) is 1.30. The Balaban J connectivity index is 1.65. The zero-order chi connectivity index (χ0) is 26.9. The molecule has 0 saturated heterocycles. The number of aliphatic imine (C=N–C) groups is 1. The van der Waals surface area contributed by atoms with E-state index < -0.39 is 17.6 Å². The number of primary amides is 1. The lowest BCUT2D eigenvalue weighted by molar-refractivity contribution is -0.111. The zero-order valence-electron chi connectivity index (χ0n) is 20.6. The fourth-order valence-corrected chi connectivity index (χ4v) is 4.62. The predicted molar refractivity (Wildman–Crippen MR) is 144 cm³/mol. The summed E-state index contributed by atoms with van der Waals surface area (Å²) < 4.78 is 22.5. The average Bonchev–Trinajstić information content (AvgIpc) is 3.42. The number of aryl methyl sites for hydroxylation is 2. The Morgan fingerprint density at radius 3 is 2.57 bits per heavy atom. The van der Waals surface area contributed by atoms with Gasteiger partial charge in [0.2, 0.25) is 0 Å². The number of benzene rings is 2. The average molecular weight is 521 g/mol. The standard InChI is InChI=1S/C26H25FN6O3S/c1-13-9-23(32-33(13)3)30-20(25(29)34)12-19(28)17-6-7-18(27)24(14(17)2)31-26(35)22-11-15-10-16(36-4)5-8-21(15)37-22/h5-12H,28H2,1-4H3,(H2,29,34)(H,31,35). The highest BCUT2D eigenvalue weighted by Crippen LogP contribution is 2.31. The Bertz CT molecular complexity index is 1580. The summed E-state index contributed by atoms with van der Waals surface area (Å²) in [7, 11) is 3.31. The molecule has 2 aromatic heterocycles. The van der Waals surface area contributed by atoms with Gasteiger partial charge in [0, 0.05) is 34.8 Å². The highest BCUT2D eigenvalue weighted by Gasteiger charge is 2.18. The third-order valence-corrected chi connectivity index (χ3v) is 6.91. The third kappa shape index (κ3) is 5.36. The van der Waals surface area contributed by atoms with Crippen molar-refractivity contribution in [3.05, 3.63) is 76.1 Å². The van der Waals surface area contributed by atoms with Crippen LogP contribution in [-0.2, 0) is 11.8 Å². The molecule has 0 atom stereocenters. The van der Waals surface area contributed by atoms with Crippen molar-refractivity contribution >= 4 is 56.2 Å². The van der Waals surface area contributed by atoms with E-state index in [-0.39, 0.29) is 17.1 Å². The van der Waals surface area contributed by atoms with E-state index in [9.17, 15) is 14.0 Å². The normalized spacial score (nSPS) is 12.1. The maximum Gasteiger partial charge on any atom is 0.267 e. The van der Waals surface area contributed by atoms with Gasteiger partial charge in [0.15, 0.2) is 5.82 Å². The molecule has 2 amide bonds. The van der Waals surface area contributed by atoms with E-state index in [0.29, 0.717) is 27.6 Å². The lowest BCUT2D eigenvalue weighted by Gasteiger charge is -2.14. The molecule has 0 aliphatic carbocycles. The van der Waals surface area contributed by atoms with E-state index in [1.54, 1.807) is 37.9 Å². The van der Waals surface area contributed by atoms with Gasteiger partial charge in [-0.1, -0.05) is 0 Å². The summed E-state index contributed by atoms with van der Waals surface area (Å²) in [5.74, 6) is -0.931. The molecule has 0 aliphatic heterocycles. The highest BCUT2D eigenvalue weighted by atomic mass is 32.1. The van der Waals surface area contributed by atoms with Crippen molar-refractivity contribution in [2.24, 2.45) is 23.5 Å². The number of methoxy groups -OCH3 is 1. The first-order valence-electron chi connectivity index (χ1n) is 11.1. The molecule has 2 heterocycles. The van der Waals surface area contributed by atoms with Gasteiger partial charge in [-0.3, -0.25) is 14.3 Å². The van der Waals surface area contributed by atoms with Crippen molar-refractivity contribution < 1.29 is 18.7 Å². The molecule has 37 heavy (non-hydrogen) atoms. The Hall–Kier alpha value is -4.51. The quantitative estimate of drug-likeness (QED) is 0.314. The lowest BCUT2D eigenvalue weighted by Crippen LogP contribution is -2.22. The fourth-order valence-electron chi connectivity index (χ4n) is 3.68. The van der Waals surface area contributed by atoms with Crippen LogP contribution in [0.1, 0.15) is 26.5 Å². The van der Waals surface area contributed by atoms with E-state index in [0.717, 1.165) is 15.8 Å². The zero-order valence-corrected chi connectivity index (χ0v) is 21.4. The van der Waals surface area contributed by atoms with Crippen molar-refractivity contribution in [1.82, 2.24) is 9.78 Å².